The Morgan fingerprint density at radius 1 is 1.08 bits per heavy atom. The van der Waals surface area contributed by atoms with Crippen molar-refractivity contribution in [1.82, 2.24) is 10.2 Å². The summed E-state index contributed by atoms with van der Waals surface area (Å²) in [5, 5.41) is 19.4. The molecule has 6 nitrogen and oxygen atoms in total. The van der Waals surface area contributed by atoms with Crippen LogP contribution in [-0.4, -0.2) is 26.7 Å². The molecule has 0 unspecified atom stereocenters. The molecule has 1 heterocycles. The van der Waals surface area contributed by atoms with Crippen molar-refractivity contribution in [2.75, 3.05) is 5.75 Å². The third-order valence-corrected chi connectivity index (χ3v) is 4.43. The van der Waals surface area contributed by atoms with Crippen molar-refractivity contribution in [3.8, 4) is 11.3 Å². The Balaban J connectivity index is 1.64. The lowest BCUT2D eigenvalue weighted by Crippen LogP contribution is -2.03. The molecule has 0 amide bonds. The zero-order valence-electron chi connectivity index (χ0n) is 13.3. The molecule has 130 valence electrons. The Bertz CT molecular complexity index is 947. The molecule has 0 saturated heterocycles. The summed E-state index contributed by atoms with van der Waals surface area (Å²) in [5.41, 5.74) is 1.49. The van der Waals surface area contributed by atoms with Gasteiger partial charge in [-0.3, -0.25) is 14.9 Å². The number of rotatable bonds is 6. The zero-order valence-corrected chi connectivity index (χ0v) is 14.1. The second-order valence-electron chi connectivity index (χ2n) is 5.28. The van der Waals surface area contributed by atoms with Crippen molar-refractivity contribution in [3.05, 3.63) is 82.2 Å². The lowest BCUT2D eigenvalue weighted by Gasteiger charge is -2.03. The number of non-ortho nitro benzene ring substituents is 1. The fraction of sp³-hybridized carbons (Fsp3) is 0.0556. The molecule has 2 aromatic carbocycles. The smallest absolute Gasteiger partial charge is 0.270 e. The third-order valence-electron chi connectivity index (χ3n) is 3.51. The summed E-state index contributed by atoms with van der Waals surface area (Å²) in [6.45, 7) is 0. The summed E-state index contributed by atoms with van der Waals surface area (Å²) in [4.78, 5) is 22.4. The van der Waals surface area contributed by atoms with Gasteiger partial charge in [-0.25, -0.2) is 4.39 Å². The van der Waals surface area contributed by atoms with Crippen LogP contribution in [0.15, 0.2) is 65.7 Å². The minimum absolute atomic E-state index is 0.0890. The van der Waals surface area contributed by atoms with Crippen LogP contribution in [0, 0.1) is 15.9 Å². The number of nitro groups is 1. The number of hydrogen-bond donors (Lipinski definition) is 0. The lowest BCUT2D eigenvalue weighted by molar-refractivity contribution is -0.384. The Labute approximate surface area is 152 Å². The van der Waals surface area contributed by atoms with Gasteiger partial charge < -0.3 is 0 Å². The normalized spacial score (nSPS) is 10.5. The number of carbonyl (C=O) groups is 1. The fourth-order valence-corrected chi connectivity index (χ4v) is 2.90. The molecule has 0 N–H and O–H groups in total. The van der Waals surface area contributed by atoms with E-state index in [1.54, 1.807) is 30.3 Å². The first-order valence-corrected chi connectivity index (χ1v) is 8.51. The van der Waals surface area contributed by atoms with Gasteiger partial charge in [0, 0.05) is 23.3 Å². The van der Waals surface area contributed by atoms with Gasteiger partial charge in [-0.2, -0.15) is 0 Å². The highest BCUT2D eigenvalue weighted by Gasteiger charge is 2.12. The van der Waals surface area contributed by atoms with Gasteiger partial charge in [0.05, 0.1) is 16.4 Å². The van der Waals surface area contributed by atoms with Crippen molar-refractivity contribution in [3.63, 3.8) is 0 Å². The molecule has 3 rings (SSSR count). The van der Waals surface area contributed by atoms with Gasteiger partial charge in [0.1, 0.15) is 10.8 Å². The van der Waals surface area contributed by atoms with Crippen LogP contribution in [-0.2, 0) is 0 Å². The number of ketones is 1. The maximum Gasteiger partial charge on any atom is 0.270 e. The van der Waals surface area contributed by atoms with E-state index >= 15 is 0 Å². The molecule has 0 radical (unpaired) electrons. The van der Waals surface area contributed by atoms with Crippen LogP contribution in [0.25, 0.3) is 11.3 Å². The van der Waals surface area contributed by atoms with Gasteiger partial charge in [-0.1, -0.05) is 23.9 Å². The van der Waals surface area contributed by atoms with Crippen LogP contribution in [0.2, 0.25) is 0 Å². The first-order valence-electron chi connectivity index (χ1n) is 7.53. The zero-order chi connectivity index (χ0) is 18.5. The average Bonchev–Trinajstić information content (AvgIpc) is 2.67. The summed E-state index contributed by atoms with van der Waals surface area (Å²) >= 11 is 1.19. The Morgan fingerprint density at radius 2 is 1.85 bits per heavy atom. The number of nitrogens with zero attached hydrogens (tertiary/aromatic N) is 3. The quantitative estimate of drug-likeness (QED) is 0.281. The second kappa shape index (κ2) is 7.83. The molecular weight excluding hydrogens is 357 g/mol. The SMILES string of the molecule is O=C(CSc1ccc(-c2ccc(F)cc2)nn1)c1cccc([N+](=O)[O-])c1. The number of benzene rings is 2. The van der Waals surface area contributed by atoms with Crippen LogP contribution < -0.4 is 0 Å². The monoisotopic (exact) mass is 369 g/mol. The number of thioether (sulfide) groups is 1. The van der Waals surface area contributed by atoms with Crippen molar-refractivity contribution in [1.29, 1.82) is 0 Å². The second-order valence-corrected chi connectivity index (χ2v) is 6.28. The van der Waals surface area contributed by atoms with E-state index in [0.29, 0.717) is 10.7 Å². The van der Waals surface area contributed by atoms with Crippen molar-refractivity contribution < 1.29 is 14.1 Å². The average molecular weight is 369 g/mol. The van der Waals surface area contributed by atoms with Gasteiger partial charge in [-0.15, -0.1) is 10.2 Å². The molecule has 0 aliphatic rings. The number of Topliss-reactive ketones (excluding diaryl/α,β-unsaturated/α-hetero) is 1. The first kappa shape index (κ1) is 17.7. The van der Waals surface area contributed by atoms with Crippen LogP contribution in [0.4, 0.5) is 10.1 Å². The molecule has 3 aromatic rings. The van der Waals surface area contributed by atoms with E-state index < -0.39 is 4.92 Å². The van der Waals surface area contributed by atoms with Gasteiger partial charge in [-0.05, 0) is 36.4 Å². The van der Waals surface area contributed by atoms with E-state index in [4.69, 9.17) is 0 Å². The Hall–Kier alpha value is -3.13. The minimum Gasteiger partial charge on any atom is -0.293 e. The molecular formula is C18H12FN3O3S. The van der Waals surface area contributed by atoms with Crippen molar-refractivity contribution in [2.24, 2.45) is 0 Å². The van der Waals surface area contributed by atoms with E-state index in [9.17, 15) is 19.3 Å². The molecule has 26 heavy (non-hydrogen) atoms. The van der Waals surface area contributed by atoms with Crippen LogP contribution in [0.3, 0.4) is 0 Å². The van der Waals surface area contributed by atoms with Crippen LogP contribution in [0.5, 0.6) is 0 Å². The van der Waals surface area contributed by atoms with Crippen LogP contribution >= 0.6 is 11.8 Å². The Morgan fingerprint density at radius 3 is 2.50 bits per heavy atom. The third kappa shape index (κ3) is 4.28. The topological polar surface area (TPSA) is 86.0 Å². The summed E-state index contributed by atoms with van der Waals surface area (Å²) in [6.07, 6.45) is 0. The van der Waals surface area contributed by atoms with E-state index in [0.717, 1.165) is 5.56 Å². The van der Waals surface area contributed by atoms with E-state index in [2.05, 4.69) is 10.2 Å². The number of aromatic nitrogens is 2. The maximum atomic E-state index is 12.9. The lowest BCUT2D eigenvalue weighted by atomic mass is 10.1. The van der Waals surface area contributed by atoms with Crippen LogP contribution in [0.1, 0.15) is 10.4 Å². The molecule has 8 heteroatoms. The largest absolute Gasteiger partial charge is 0.293 e. The van der Waals surface area contributed by atoms with E-state index in [1.165, 1.54) is 42.1 Å². The van der Waals surface area contributed by atoms with E-state index in [-0.39, 0.29) is 28.6 Å². The van der Waals surface area contributed by atoms with E-state index in [1.807, 2.05) is 0 Å². The fourth-order valence-electron chi connectivity index (χ4n) is 2.19. The predicted molar refractivity (Wildman–Crippen MR) is 95.6 cm³/mol. The minimum atomic E-state index is -0.538. The maximum absolute atomic E-state index is 12.9. The molecule has 0 spiro atoms. The molecule has 0 bridgehead atoms. The van der Waals surface area contributed by atoms with Gasteiger partial charge in [0.25, 0.3) is 5.69 Å². The Kier molecular flexibility index (Phi) is 5.33. The highest BCUT2D eigenvalue weighted by atomic mass is 32.2. The van der Waals surface area contributed by atoms with Crippen molar-refractivity contribution in [2.45, 2.75) is 5.03 Å². The molecule has 0 aliphatic heterocycles. The molecule has 0 aliphatic carbocycles. The molecule has 1 aromatic heterocycles. The van der Waals surface area contributed by atoms with Gasteiger partial charge >= 0.3 is 0 Å². The van der Waals surface area contributed by atoms with Crippen molar-refractivity contribution >= 4 is 23.2 Å². The standard InChI is InChI=1S/C18H12FN3O3S/c19-14-6-4-12(5-7-14)16-8-9-18(21-20-16)26-11-17(23)13-2-1-3-15(10-13)22(24)25/h1-10H,11H2. The number of hydrogen-bond acceptors (Lipinski definition) is 6. The summed E-state index contributed by atoms with van der Waals surface area (Å²) in [6, 6.07) is 15.0. The highest BCUT2D eigenvalue weighted by Crippen LogP contribution is 2.21. The predicted octanol–water partition coefficient (Wildman–Crippen LogP) is 4.17. The number of carbonyl (C=O) groups excluding carboxylic acids is 1. The van der Waals surface area contributed by atoms with Gasteiger partial charge in [0.15, 0.2) is 5.78 Å². The first-order chi connectivity index (χ1) is 12.5. The summed E-state index contributed by atoms with van der Waals surface area (Å²) in [7, 11) is 0. The molecule has 0 atom stereocenters. The van der Waals surface area contributed by atoms with Gasteiger partial charge in [0.2, 0.25) is 0 Å². The number of nitro benzene ring substituents is 1. The summed E-state index contributed by atoms with van der Waals surface area (Å²) < 4.78 is 12.9. The molecule has 0 saturated carbocycles. The highest BCUT2D eigenvalue weighted by molar-refractivity contribution is 7.99. The number of halogens is 1. The summed E-state index contributed by atoms with van der Waals surface area (Å²) in [5.74, 6) is -0.470. The molecule has 0 fully saturated rings.